The molecule has 0 aliphatic carbocycles. The predicted octanol–water partition coefficient (Wildman–Crippen LogP) is 4.43. The Kier molecular flexibility index (Phi) is 10.6. The highest BCUT2D eigenvalue weighted by molar-refractivity contribution is 5.91. The van der Waals surface area contributed by atoms with E-state index in [1.54, 1.807) is 48.5 Å². The molecule has 2 aromatic rings. The van der Waals surface area contributed by atoms with Gasteiger partial charge in [-0.25, -0.2) is 9.59 Å². The van der Waals surface area contributed by atoms with Gasteiger partial charge in [0.1, 0.15) is 0 Å². The van der Waals surface area contributed by atoms with Crippen molar-refractivity contribution >= 4 is 11.9 Å². The van der Waals surface area contributed by atoms with Crippen molar-refractivity contribution in [1.29, 1.82) is 0 Å². The Morgan fingerprint density at radius 3 is 1.38 bits per heavy atom. The molecule has 172 valence electrons. The lowest BCUT2D eigenvalue weighted by atomic mass is 10.0. The van der Waals surface area contributed by atoms with Crippen molar-refractivity contribution in [2.45, 2.75) is 63.9 Å². The molecule has 0 heterocycles. The van der Waals surface area contributed by atoms with Gasteiger partial charge in [0.25, 0.3) is 0 Å². The van der Waals surface area contributed by atoms with Gasteiger partial charge >= 0.3 is 11.9 Å². The fraction of sp³-hybridized carbons (Fsp3) is 0.385. The van der Waals surface area contributed by atoms with Crippen LogP contribution in [-0.4, -0.2) is 34.4 Å². The van der Waals surface area contributed by atoms with E-state index >= 15 is 0 Å². The molecule has 32 heavy (non-hydrogen) atoms. The van der Waals surface area contributed by atoms with Crippen LogP contribution >= 0.6 is 0 Å². The van der Waals surface area contributed by atoms with Crippen molar-refractivity contribution in [2.75, 3.05) is 0 Å². The minimum absolute atomic E-state index is 0.465. The second-order valence-electron chi connectivity index (χ2n) is 7.58. The Labute approximate surface area is 189 Å². The van der Waals surface area contributed by atoms with Gasteiger partial charge in [-0.2, -0.15) is 0 Å². The first-order chi connectivity index (χ1) is 15.5. The Hall–Kier alpha value is -2.96. The summed E-state index contributed by atoms with van der Waals surface area (Å²) in [5, 5.41) is 20.8. The van der Waals surface area contributed by atoms with Gasteiger partial charge in [0.2, 0.25) is 0 Å². The van der Waals surface area contributed by atoms with Crippen LogP contribution in [0.5, 0.6) is 0 Å². The summed E-state index contributed by atoms with van der Waals surface area (Å²) < 4.78 is 10.9. The van der Waals surface area contributed by atoms with Crippen molar-refractivity contribution in [1.82, 2.24) is 0 Å². The SMILES string of the molecule is CCCC(O)C(OC(=O)/C=C/C(=O)OC(c1ccccc1)C(O)CCC)c1ccccc1. The maximum Gasteiger partial charge on any atom is 0.331 e. The van der Waals surface area contributed by atoms with E-state index in [1.165, 1.54) is 0 Å². The van der Waals surface area contributed by atoms with E-state index in [-0.39, 0.29) is 0 Å². The van der Waals surface area contributed by atoms with Crippen molar-refractivity contribution in [3.05, 3.63) is 83.9 Å². The molecular weight excluding hydrogens is 408 g/mol. The third kappa shape index (κ3) is 7.94. The summed E-state index contributed by atoms with van der Waals surface area (Å²) in [7, 11) is 0. The van der Waals surface area contributed by atoms with Gasteiger partial charge in [0.15, 0.2) is 12.2 Å². The van der Waals surface area contributed by atoms with Crippen LogP contribution in [0.3, 0.4) is 0 Å². The molecule has 0 saturated heterocycles. The molecule has 2 N–H and O–H groups in total. The lowest BCUT2D eigenvalue weighted by Crippen LogP contribution is -2.24. The molecule has 0 spiro atoms. The number of esters is 2. The van der Waals surface area contributed by atoms with E-state index in [0.717, 1.165) is 25.0 Å². The number of rotatable bonds is 12. The van der Waals surface area contributed by atoms with E-state index in [1.807, 2.05) is 26.0 Å². The number of hydrogen-bond donors (Lipinski definition) is 2. The van der Waals surface area contributed by atoms with Gasteiger partial charge in [0.05, 0.1) is 12.2 Å². The first-order valence-corrected chi connectivity index (χ1v) is 11.0. The van der Waals surface area contributed by atoms with E-state index in [0.29, 0.717) is 24.0 Å². The number of carbonyl (C=O) groups excluding carboxylic acids is 2. The number of aliphatic hydroxyl groups is 2. The van der Waals surface area contributed by atoms with Gasteiger partial charge in [-0.05, 0) is 24.0 Å². The van der Waals surface area contributed by atoms with Gasteiger partial charge < -0.3 is 19.7 Å². The zero-order valence-electron chi connectivity index (χ0n) is 18.6. The summed E-state index contributed by atoms with van der Waals surface area (Å²) in [6.07, 6.45) is 0.934. The first-order valence-electron chi connectivity index (χ1n) is 11.0. The zero-order valence-corrected chi connectivity index (χ0v) is 18.6. The smallest absolute Gasteiger partial charge is 0.331 e. The predicted molar refractivity (Wildman–Crippen MR) is 122 cm³/mol. The van der Waals surface area contributed by atoms with Gasteiger partial charge in [0, 0.05) is 12.2 Å². The lowest BCUT2D eigenvalue weighted by Gasteiger charge is -2.23. The molecule has 2 rings (SSSR count). The van der Waals surface area contributed by atoms with Crippen LogP contribution in [0, 0.1) is 0 Å². The largest absolute Gasteiger partial charge is 0.452 e. The Morgan fingerprint density at radius 1 is 0.719 bits per heavy atom. The number of carbonyl (C=O) groups is 2. The van der Waals surface area contributed by atoms with E-state index < -0.39 is 36.4 Å². The number of hydrogen-bond acceptors (Lipinski definition) is 6. The average molecular weight is 441 g/mol. The molecule has 4 atom stereocenters. The van der Waals surface area contributed by atoms with Crippen LogP contribution in [0.4, 0.5) is 0 Å². The fourth-order valence-corrected chi connectivity index (χ4v) is 3.38. The fourth-order valence-electron chi connectivity index (χ4n) is 3.38. The molecule has 0 fully saturated rings. The molecule has 6 heteroatoms. The second kappa shape index (κ2) is 13.5. The van der Waals surface area contributed by atoms with Crippen LogP contribution in [-0.2, 0) is 19.1 Å². The third-order valence-electron chi connectivity index (χ3n) is 4.97. The Morgan fingerprint density at radius 2 is 1.06 bits per heavy atom. The van der Waals surface area contributed by atoms with Crippen molar-refractivity contribution in [2.24, 2.45) is 0 Å². The van der Waals surface area contributed by atoms with Crippen LogP contribution in [0.2, 0.25) is 0 Å². The van der Waals surface area contributed by atoms with Crippen molar-refractivity contribution in [3.8, 4) is 0 Å². The topological polar surface area (TPSA) is 93.1 Å². The summed E-state index contributed by atoms with van der Waals surface area (Å²) in [4.78, 5) is 24.7. The van der Waals surface area contributed by atoms with Crippen LogP contribution in [0.25, 0.3) is 0 Å². The van der Waals surface area contributed by atoms with Crippen LogP contribution in [0.15, 0.2) is 72.8 Å². The van der Waals surface area contributed by atoms with Crippen LogP contribution in [0.1, 0.15) is 62.9 Å². The summed E-state index contributed by atoms with van der Waals surface area (Å²) in [6.45, 7) is 3.86. The molecule has 2 aromatic carbocycles. The van der Waals surface area contributed by atoms with Crippen molar-refractivity contribution < 1.29 is 29.3 Å². The standard InChI is InChI=1S/C26H32O6/c1-3-11-21(27)25(19-13-7-5-8-14-19)31-23(29)17-18-24(30)32-26(22(28)12-4-2)20-15-9-6-10-16-20/h5-10,13-18,21-22,25-28H,3-4,11-12H2,1-2H3/b18-17+. The molecule has 0 aliphatic rings. The molecule has 0 amide bonds. The minimum atomic E-state index is -0.863. The van der Waals surface area contributed by atoms with E-state index in [9.17, 15) is 19.8 Å². The summed E-state index contributed by atoms with van der Waals surface area (Å²) in [5.74, 6) is -1.53. The quantitative estimate of drug-likeness (QED) is 0.375. The van der Waals surface area contributed by atoms with Crippen LogP contribution < -0.4 is 0 Å². The molecule has 6 nitrogen and oxygen atoms in total. The highest BCUT2D eigenvalue weighted by Gasteiger charge is 2.25. The Balaban J connectivity index is 2.06. The summed E-state index contributed by atoms with van der Waals surface area (Å²) in [5.41, 5.74) is 1.34. The normalized spacial score (nSPS) is 15.0. The van der Waals surface area contributed by atoms with Gasteiger partial charge in [-0.15, -0.1) is 0 Å². The number of benzene rings is 2. The van der Waals surface area contributed by atoms with Crippen molar-refractivity contribution in [3.63, 3.8) is 0 Å². The van der Waals surface area contributed by atoms with E-state index in [4.69, 9.17) is 9.47 Å². The molecule has 0 bridgehead atoms. The lowest BCUT2D eigenvalue weighted by molar-refractivity contribution is -0.152. The summed E-state index contributed by atoms with van der Waals surface area (Å²) >= 11 is 0. The molecule has 0 radical (unpaired) electrons. The zero-order chi connectivity index (χ0) is 23.3. The van der Waals surface area contributed by atoms with E-state index in [2.05, 4.69) is 0 Å². The molecule has 0 aliphatic heterocycles. The van der Waals surface area contributed by atoms with Gasteiger partial charge in [-0.3, -0.25) is 0 Å². The highest BCUT2D eigenvalue weighted by Crippen LogP contribution is 2.26. The average Bonchev–Trinajstić information content (AvgIpc) is 2.81. The maximum atomic E-state index is 12.4. The highest BCUT2D eigenvalue weighted by atomic mass is 16.6. The second-order valence-corrected chi connectivity index (χ2v) is 7.58. The first kappa shape index (κ1) is 25.3. The summed E-state index contributed by atoms with van der Waals surface area (Å²) in [6, 6.07) is 18.0. The monoisotopic (exact) mass is 440 g/mol. The number of aliphatic hydroxyl groups excluding tert-OH is 2. The molecule has 0 aromatic heterocycles. The molecular formula is C26H32O6. The van der Waals surface area contributed by atoms with Gasteiger partial charge in [-0.1, -0.05) is 87.4 Å². The maximum absolute atomic E-state index is 12.4. The molecule has 0 saturated carbocycles. The number of ether oxygens (including phenoxy) is 2. The third-order valence-corrected chi connectivity index (χ3v) is 4.97. The minimum Gasteiger partial charge on any atom is -0.452 e. The Bertz CT molecular complexity index is 778. The molecule has 4 unspecified atom stereocenters.